The van der Waals surface area contributed by atoms with Gasteiger partial charge in [-0.25, -0.2) is 0 Å². The molecule has 0 unspecified atom stereocenters. The number of nitrogens with zero attached hydrogens (tertiary/aromatic N) is 2. The minimum absolute atomic E-state index is 0.171. The molecule has 4 nitrogen and oxygen atoms in total. The third-order valence-corrected chi connectivity index (χ3v) is 3.69. The molecule has 0 N–H and O–H groups in total. The first-order valence-electron chi connectivity index (χ1n) is 7.28. The van der Waals surface area contributed by atoms with Crippen molar-refractivity contribution in [2.24, 2.45) is 0 Å². The molecule has 110 valence electrons. The van der Waals surface area contributed by atoms with E-state index in [0.717, 1.165) is 30.0 Å². The number of carbonyl (C=O) groups excluding carboxylic acids is 1. The molecular weight excluding hydrogens is 276 g/mol. The van der Waals surface area contributed by atoms with Crippen LogP contribution in [0.4, 0.5) is 5.69 Å². The molecule has 0 saturated carbocycles. The lowest BCUT2D eigenvalue weighted by atomic mass is 10.1. The third kappa shape index (κ3) is 3.09. The summed E-state index contributed by atoms with van der Waals surface area (Å²) in [5.41, 5.74) is 2.53. The minimum Gasteiger partial charge on any atom is -0.489 e. The second-order valence-corrected chi connectivity index (χ2v) is 5.24. The van der Waals surface area contributed by atoms with E-state index in [1.807, 2.05) is 36.4 Å². The van der Waals surface area contributed by atoms with E-state index in [2.05, 4.69) is 6.07 Å². The lowest BCUT2D eigenvalue weighted by Gasteiger charge is -2.16. The summed E-state index contributed by atoms with van der Waals surface area (Å²) in [5.74, 6) is 0.908. The van der Waals surface area contributed by atoms with Crippen molar-refractivity contribution in [1.29, 1.82) is 5.26 Å². The number of rotatable bonds is 4. The Morgan fingerprint density at radius 2 is 2.00 bits per heavy atom. The summed E-state index contributed by atoms with van der Waals surface area (Å²) in [4.78, 5) is 13.6. The zero-order valence-electron chi connectivity index (χ0n) is 12.2. The molecule has 1 saturated heterocycles. The molecule has 0 atom stereocenters. The van der Waals surface area contributed by atoms with Gasteiger partial charge in [0.25, 0.3) is 0 Å². The Kier molecular flexibility index (Phi) is 4.06. The van der Waals surface area contributed by atoms with E-state index < -0.39 is 0 Å². The van der Waals surface area contributed by atoms with Crippen molar-refractivity contribution >= 4 is 11.6 Å². The van der Waals surface area contributed by atoms with Crippen LogP contribution in [0.1, 0.15) is 24.0 Å². The number of hydrogen-bond donors (Lipinski definition) is 0. The van der Waals surface area contributed by atoms with Crippen molar-refractivity contribution in [2.75, 3.05) is 11.4 Å². The van der Waals surface area contributed by atoms with Crippen LogP contribution in [0.3, 0.4) is 0 Å². The first-order valence-corrected chi connectivity index (χ1v) is 7.28. The number of anilines is 1. The first kappa shape index (κ1) is 14.2. The fourth-order valence-corrected chi connectivity index (χ4v) is 2.50. The van der Waals surface area contributed by atoms with Crippen LogP contribution in [0.15, 0.2) is 48.5 Å². The van der Waals surface area contributed by atoms with E-state index in [9.17, 15) is 4.79 Å². The Morgan fingerprint density at radius 3 is 2.68 bits per heavy atom. The Morgan fingerprint density at radius 1 is 1.18 bits per heavy atom. The van der Waals surface area contributed by atoms with Crippen LogP contribution in [0.25, 0.3) is 0 Å². The second-order valence-electron chi connectivity index (χ2n) is 5.24. The molecule has 0 aliphatic carbocycles. The average Bonchev–Trinajstić information content (AvgIpc) is 3.00. The Labute approximate surface area is 129 Å². The van der Waals surface area contributed by atoms with Gasteiger partial charge in [-0.05, 0) is 36.2 Å². The number of carbonyl (C=O) groups is 1. The highest BCUT2D eigenvalue weighted by Crippen LogP contribution is 2.25. The number of ether oxygens (including phenoxy) is 1. The quantitative estimate of drug-likeness (QED) is 0.869. The predicted molar refractivity (Wildman–Crippen MR) is 83.5 cm³/mol. The third-order valence-electron chi connectivity index (χ3n) is 3.69. The van der Waals surface area contributed by atoms with Gasteiger partial charge in [0.2, 0.25) is 5.91 Å². The van der Waals surface area contributed by atoms with E-state index in [4.69, 9.17) is 10.00 Å². The maximum absolute atomic E-state index is 11.8. The van der Waals surface area contributed by atoms with Crippen LogP contribution < -0.4 is 9.64 Å². The number of amides is 1. The summed E-state index contributed by atoms with van der Waals surface area (Å²) in [5, 5.41) is 8.78. The van der Waals surface area contributed by atoms with Gasteiger partial charge in [-0.3, -0.25) is 4.79 Å². The van der Waals surface area contributed by atoms with Crippen molar-refractivity contribution < 1.29 is 9.53 Å². The summed E-state index contributed by atoms with van der Waals surface area (Å²) >= 11 is 0. The largest absolute Gasteiger partial charge is 0.489 e. The summed E-state index contributed by atoms with van der Waals surface area (Å²) in [6.07, 6.45) is 1.53. The highest BCUT2D eigenvalue weighted by molar-refractivity contribution is 5.95. The second kappa shape index (κ2) is 6.31. The summed E-state index contributed by atoms with van der Waals surface area (Å²) < 4.78 is 5.78. The average molecular weight is 292 g/mol. The van der Waals surface area contributed by atoms with Gasteiger partial charge in [0, 0.05) is 24.7 Å². The maximum Gasteiger partial charge on any atom is 0.227 e. The topological polar surface area (TPSA) is 53.3 Å². The molecule has 4 heteroatoms. The number of benzene rings is 2. The Hall–Kier alpha value is -2.80. The Balaban J connectivity index is 1.67. The minimum atomic E-state index is 0.171. The maximum atomic E-state index is 11.8. The summed E-state index contributed by atoms with van der Waals surface area (Å²) in [7, 11) is 0. The highest BCUT2D eigenvalue weighted by atomic mass is 16.5. The van der Waals surface area contributed by atoms with Gasteiger partial charge in [0.1, 0.15) is 12.4 Å². The zero-order valence-corrected chi connectivity index (χ0v) is 12.2. The monoisotopic (exact) mass is 292 g/mol. The van der Waals surface area contributed by atoms with Crippen LogP contribution in [-0.4, -0.2) is 12.5 Å². The van der Waals surface area contributed by atoms with E-state index >= 15 is 0 Å². The van der Waals surface area contributed by atoms with Crippen molar-refractivity contribution in [3.63, 3.8) is 0 Å². The molecule has 1 fully saturated rings. The van der Waals surface area contributed by atoms with Gasteiger partial charge in [-0.15, -0.1) is 0 Å². The molecule has 0 spiro atoms. The van der Waals surface area contributed by atoms with Crippen LogP contribution in [-0.2, 0) is 11.4 Å². The molecule has 1 heterocycles. The van der Waals surface area contributed by atoms with E-state index in [1.54, 1.807) is 17.0 Å². The number of hydrogen-bond acceptors (Lipinski definition) is 3. The first-order chi connectivity index (χ1) is 10.8. The molecule has 0 aromatic heterocycles. The molecule has 1 amide bonds. The fourth-order valence-electron chi connectivity index (χ4n) is 2.50. The van der Waals surface area contributed by atoms with Gasteiger partial charge < -0.3 is 9.64 Å². The molecule has 0 radical (unpaired) electrons. The van der Waals surface area contributed by atoms with Crippen LogP contribution in [0, 0.1) is 11.3 Å². The predicted octanol–water partition coefficient (Wildman–Crippen LogP) is 3.26. The lowest BCUT2D eigenvalue weighted by molar-refractivity contribution is -0.117. The van der Waals surface area contributed by atoms with Crippen molar-refractivity contribution in [3.05, 3.63) is 59.7 Å². The Bertz CT molecular complexity index is 717. The van der Waals surface area contributed by atoms with Crippen LogP contribution in [0.2, 0.25) is 0 Å². The molecule has 0 bridgehead atoms. The van der Waals surface area contributed by atoms with Crippen LogP contribution >= 0.6 is 0 Å². The number of nitriles is 1. The summed E-state index contributed by atoms with van der Waals surface area (Å²) in [6, 6.07) is 17.0. The van der Waals surface area contributed by atoms with Gasteiger partial charge in [0.05, 0.1) is 11.6 Å². The molecule has 1 aliphatic rings. The van der Waals surface area contributed by atoms with Gasteiger partial charge >= 0.3 is 0 Å². The molecular formula is C18H16N2O2. The van der Waals surface area contributed by atoms with E-state index in [1.165, 1.54) is 0 Å². The SMILES string of the molecule is N#Cc1ccc(COc2cccc(N3CCCC3=O)c2)cc1. The normalized spacial score (nSPS) is 14.0. The molecule has 2 aromatic rings. The summed E-state index contributed by atoms with van der Waals surface area (Å²) in [6.45, 7) is 1.21. The standard InChI is InChI=1S/C18H16N2O2/c19-12-14-6-8-15(9-7-14)13-22-17-4-1-3-16(11-17)20-10-2-5-18(20)21/h1,3-4,6-9,11H,2,5,10,13H2. The molecule has 3 rings (SSSR count). The van der Waals surface area contributed by atoms with Gasteiger partial charge in [-0.2, -0.15) is 5.26 Å². The molecule has 22 heavy (non-hydrogen) atoms. The van der Waals surface area contributed by atoms with Crippen molar-refractivity contribution in [3.8, 4) is 11.8 Å². The van der Waals surface area contributed by atoms with Gasteiger partial charge in [0.15, 0.2) is 0 Å². The van der Waals surface area contributed by atoms with Crippen molar-refractivity contribution in [1.82, 2.24) is 0 Å². The lowest BCUT2D eigenvalue weighted by Crippen LogP contribution is -2.23. The fraction of sp³-hybridized carbons (Fsp3) is 0.222. The van der Waals surface area contributed by atoms with Crippen LogP contribution in [0.5, 0.6) is 5.75 Å². The molecule has 2 aromatic carbocycles. The molecule has 1 aliphatic heterocycles. The highest BCUT2D eigenvalue weighted by Gasteiger charge is 2.21. The van der Waals surface area contributed by atoms with Gasteiger partial charge in [-0.1, -0.05) is 18.2 Å². The van der Waals surface area contributed by atoms with E-state index in [-0.39, 0.29) is 5.91 Å². The smallest absolute Gasteiger partial charge is 0.227 e. The van der Waals surface area contributed by atoms with Crippen molar-refractivity contribution in [2.45, 2.75) is 19.4 Å². The zero-order chi connectivity index (χ0) is 15.4. The van der Waals surface area contributed by atoms with E-state index in [0.29, 0.717) is 18.6 Å².